The molecule has 3 atom stereocenters. The minimum atomic E-state index is -2.96. The average molecular weight is 436 g/mol. The van der Waals surface area contributed by atoms with Gasteiger partial charge in [-0.1, -0.05) is 0 Å². The zero-order valence-electron chi connectivity index (χ0n) is 17.4. The van der Waals surface area contributed by atoms with Crippen LogP contribution >= 0.6 is 0 Å². The highest BCUT2D eigenvalue weighted by atomic mass is 32.2. The van der Waals surface area contributed by atoms with Crippen LogP contribution in [0.5, 0.6) is 0 Å². The summed E-state index contributed by atoms with van der Waals surface area (Å²) in [6.07, 6.45) is 5.19. The maximum Gasteiger partial charge on any atom is 0.237 e. The van der Waals surface area contributed by atoms with E-state index in [2.05, 4.69) is 9.88 Å². The first kappa shape index (κ1) is 20.1. The molecule has 3 fully saturated rings. The molecule has 1 amide bonds. The Morgan fingerprint density at radius 1 is 1.27 bits per heavy atom. The number of fused-ring (bicyclic) bond motifs is 4. The number of ether oxygens (including phenoxy) is 1. The van der Waals surface area contributed by atoms with Gasteiger partial charge in [-0.2, -0.15) is 0 Å². The van der Waals surface area contributed by atoms with Crippen LogP contribution in [0.25, 0.3) is 0 Å². The van der Waals surface area contributed by atoms with E-state index in [-0.39, 0.29) is 42.1 Å². The zero-order chi connectivity index (χ0) is 20.9. The second kappa shape index (κ2) is 7.72. The number of nitrogens with zero attached hydrogens (tertiary/aromatic N) is 5. The summed E-state index contributed by atoms with van der Waals surface area (Å²) in [5.41, 5.74) is 2.14. The molecule has 0 aromatic carbocycles. The van der Waals surface area contributed by atoms with E-state index in [1.54, 1.807) is 0 Å². The van der Waals surface area contributed by atoms with Crippen molar-refractivity contribution in [1.82, 2.24) is 19.8 Å². The largest absolute Gasteiger partial charge is 0.378 e. The van der Waals surface area contributed by atoms with E-state index in [4.69, 9.17) is 9.72 Å². The number of carbonyl (C=O) groups is 1. The van der Waals surface area contributed by atoms with Crippen molar-refractivity contribution < 1.29 is 17.9 Å². The highest BCUT2D eigenvalue weighted by Gasteiger charge is 2.44. The van der Waals surface area contributed by atoms with Gasteiger partial charge in [0.25, 0.3) is 0 Å². The van der Waals surface area contributed by atoms with Crippen LogP contribution in [0.4, 0.5) is 5.95 Å². The first-order chi connectivity index (χ1) is 14.4. The molecular weight excluding hydrogens is 406 g/mol. The Hall–Kier alpha value is -1.78. The van der Waals surface area contributed by atoms with Gasteiger partial charge in [0, 0.05) is 43.4 Å². The number of hydrogen-bond donors (Lipinski definition) is 0. The van der Waals surface area contributed by atoms with E-state index >= 15 is 0 Å². The van der Waals surface area contributed by atoms with Gasteiger partial charge < -0.3 is 14.5 Å². The maximum absolute atomic E-state index is 13.2. The van der Waals surface area contributed by atoms with Gasteiger partial charge in [0.05, 0.1) is 43.0 Å². The summed E-state index contributed by atoms with van der Waals surface area (Å²) in [6, 6.07) is 0.141. The van der Waals surface area contributed by atoms with Crippen molar-refractivity contribution in [3.8, 4) is 0 Å². The molecule has 0 aliphatic carbocycles. The van der Waals surface area contributed by atoms with E-state index in [1.165, 1.54) is 0 Å². The molecule has 0 unspecified atom stereocenters. The van der Waals surface area contributed by atoms with Crippen LogP contribution in [0, 0.1) is 0 Å². The minimum absolute atomic E-state index is 0.0331. The Balaban J connectivity index is 1.30. The Kier molecular flexibility index (Phi) is 5.19. The number of rotatable bonds is 4. The SMILES string of the molecule is CN(CC(=O)N1[C@H]2CC[C@H]1c1cnc(N3CCOCC3)nc1C2)[C@H]1CCS(=O)(=O)C1. The second-order valence-electron chi connectivity index (χ2n) is 8.90. The van der Waals surface area contributed by atoms with Gasteiger partial charge in [-0.25, -0.2) is 18.4 Å². The number of aromatic nitrogens is 2. The molecule has 0 saturated carbocycles. The summed E-state index contributed by atoms with van der Waals surface area (Å²) >= 11 is 0. The molecule has 1 aromatic rings. The van der Waals surface area contributed by atoms with Crippen LogP contribution in [0.1, 0.15) is 36.6 Å². The lowest BCUT2D eigenvalue weighted by Gasteiger charge is -2.37. The minimum Gasteiger partial charge on any atom is -0.378 e. The first-order valence-corrected chi connectivity index (χ1v) is 12.6. The van der Waals surface area contributed by atoms with Crippen molar-refractivity contribution in [3.63, 3.8) is 0 Å². The molecule has 164 valence electrons. The fourth-order valence-electron chi connectivity index (χ4n) is 5.31. The lowest BCUT2D eigenvalue weighted by molar-refractivity contribution is -0.136. The third-order valence-corrected chi connectivity index (χ3v) is 8.73. The van der Waals surface area contributed by atoms with Crippen molar-refractivity contribution in [1.29, 1.82) is 0 Å². The molecule has 0 N–H and O–H groups in total. The van der Waals surface area contributed by atoms with Gasteiger partial charge in [-0.15, -0.1) is 0 Å². The summed E-state index contributed by atoms with van der Waals surface area (Å²) in [7, 11) is -1.10. The topological polar surface area (TPSA) is 95.9 Å². The van der Waals surface area contributed by atoms with Gasteiger partial charge in [0.1, 0.15) is 0 Å². The number of amides is 1. The zero-order valence-corrected chi connectivity index (χ0v) is 18.2. The highest BCUT2D eigenvalue weighted by Crippen LogP contribution is 2.43. The van der Waals surface area contributed by atoms with Crippen LogP contribution < -0.4 is 4.90 Å². The van der Waals surface area contributed by atoms with Gasteiger partial charge in [0.15, 0.2) is 9.84 Å². The predicted octanol–water partition coefficient (Wildman–Crippen LogP) is 0.0203. The Morgan fingerprint density at radius 3 is 2.80 bits per heavy atom. The Bertz CT molecular complexity index is 933. The van der Waals surface area contributed by atoms with E-state index in [1.807, 2.05) is 23.0 Å². The summed E-state index contributed by atoms with van der Waals surface area (Å²) in [4.78, 5) is 28.7. The molecule has 1 aromatic heterocycles. The fraction of sp³-hybridized carbons (Fsp3) is 0.750. The average Bonchev–Trinajstić information content (AvgIpc) is 3.26. The number of sulfone groups is 1. The van der Waals surface area contributed by atoms with Crippen molar-refractivity contribution in [3.05, 3.63) is 17.5 Å². The summed E-state index contributed by atoms with van der Waals surface area (Å²) in [5, 5.41) is 0. The standard InChI is InChI=1S/C20H29N5O4S/c1-23(15-4-9-30(27,28)13-15)12-19(26)25-14-2-3-18(25)16-11-21-20(22-17(16)10-14)24-5-7-29-8-6-24/h11,14-15,18H,2-10,12-13H2,1H3/t14-,15-,18-/m0/s1. The van der Waals surface area contributed by atoms with Gasteiger partial charge in [-0.3, -0.25) is 9.69 Å². The normalized spacial score (nSPS) is 30.0. The highest BCUT2D eigenvalue weighted by molar-refractivity contribution is 7.91. The van der Waals surface area contributed by atoms with Gasteiger partial charge in [-0.05, 0) is 26.3 Å². The van der Waals surface area contributed by atoms with Crippen LogP contribution in [-0.4, -0.2) is 97.6 Å². The van der Waals surface area contributed by atoms with E-state index in [9.17, 15) is 13.2 Å². The molecule has 10 heteroatoms. The molecular formula is C20H29N5O4S. The monoisotopic (exact) mass is 435 g/mol. The van der Waals surface area contributed by atoms with E-state index < -0.39 is 9.84 Å². The number of carbonyl (C=O) groups excluding carboxylic acids is 1. The van der Waals surface area contributed by atoms with Crippen molar-refractivity contribution in [2.45, 2.75) is 43.8 Å². The van der Waals surface area contributed by atoms with Crippen LogP contribution in [-0.2, 0) is 25.8 Å². The smallest absolute Gasteiger partial charge is 0.237 e. The third-order valence-electron chi connectivity index (χ3n) is 6.98. The van der Waals surface area contributed by atoms with Crippen molar-refractivity contribution in [2.24, 2.45) is 0 Å². The molecule has 0 spiro atoms. The summed E-state index contributed by atoms with van der Waals surface area (Å²) in [6.45, 7) is 3.27. The molecule has 4 aliphatic rings. The van der Waals surface area contributed by atoms with Crippen LogP contribution in [0.2, 0.25) is 0 Å². The van der Waals surface area contributed by atoms with Crippen LogP contribution in [0.3, 0.4) is 0 Å². The molecule has 5 heterocycles. The maximum atomic E-state index is 13.2. The summed E-state index contributed by atoms with van der Waals surface area (Å²) in [5.74, 6) is 1.22. The predicted molar refractivity (Wildman–Crippen MR) is 111 cm³/mol. The van der Waals surface area contributed by atoms with Crippen molar-refractivity contribution >= 4 is 21.7 Å². The number of anilines is 1. The van der Waals surface area contributed by atoms with E-state index in [0.717, 1.165) is 49.6 Å². The molecule has 4 aliphatic heterocycles. The molecule has 0 radical (unpaired) electrons. The number of likely N-dealkylation sites (N-methyl/N-ethyl adjacent to an activating group) is 1. The lowest BCUT2D eigenvalue weighted by atomic mass is 9.99. The molecule has 5 rings (SSSR count). The van der Waals surface area contributed by atoms with Crippen LogP contribution in [0.15, 0.2) is 6.20 Å². The van der Waals surface area contributed by atoms with E-state index in [0.29, 0.717) is 19.6 Å². The molecule has 30 heavy (non-hydrogen) atoms. The molecule has 2 bridgehead atoms. The fourth-order valence-corrected chi connectivity index (χ4v) is 7.12. The molecule has 9 nitrogen and oxygen atoms in total. The quantitative estimate of drug-likeness (QED) is 0.653. The van der Waals surface area contributed by atoms with Crippen molar-refractivity contribution in [2.75, 3.05) is 56.3 Å². The first-order valence-electron chi connectivity index (χ1n) is 10.8. The molecule has 3 saturated heterocycles. The number of hydrogen-bond acceptors (Lipinski definition) is 8. The lowest BCUT2D eigenvalue weighted by Crippen LogP contribution is -2.48. The Labute approximate surface area is 177 Å². The summed E-state index contributed by atoms with van der Waals surface area (Å²) < 4.78 is 29.0. The van der Waals surface area contributed by atoms with Gasteiger partial charge in [0.2, 0.25) is 11.9 Å². The Morgan fingerprint density at radius 2 is 2.07 bits per heavy atom. The number of morpholine rings is 1. The third kappa shape index (κ3) is 3.69. The second-order valence-corrected chi connectivity index (χ2v) is 11.1. The van der Waals surface area contributed by atoms with Gasteiger partial charge >= 0.3 is 0 Å².